The van der Waals surface area contributed by atoms with Crippen molar-refractivity contribution in [3.63, 3.8) is 0 Å². The van der Waals surface area contributed by atoms with Crippen molar-refractivity contribution in [2.24, 2.45) is 5.41 Å². The first kappa shape index (κ1) is 34.9. The number of carboxylic acid groups (broad SMARTS) is 3. The van der Waals surface area contributed by atoms with Gasteiger partial charge in [-0.15, -0.1) is 0 Å². The van der Waals surface area contributed by atoms with Gasteiger partial charge in [-0.05, 0) is 20.8 Å². The molecule has 0 heterocycles. The van der Waals surface area contributed by atoms with Crippen LogP contribution >= 0.6 is 0 Å². The van der Waals surface area contributed by atoms with Gasteiger partial charge in [-0.1, -0.05) is 19.7 Å². The monoisotopic (exact) mass is 438 g/mol. The zero-order valence-electron chi connectivity index (χ0n) is 17.6. The van der Waals surface area contributed by atoms with E-state index < -0.39 is 48.9 Å². The van der Waals surface area contributed by atoms with E-state index in [4.69, 9.17) is 24.8 Å². The number of hydrogen-bond donors (Lipinski definition) is 6. The Morgan fingerprint density at radius 1 is 0.733 bits per heavy atom. The van der Waals surface area contributed by atoms with Crippen LogP contribution in [0.15, 0.2) is 38.0 Å². The number of rotatable bonds is 11. The van der Waals surface area contributed by atoms with Crippen molar-refractivity contribution in [3.05, 3.63) is 38.0 Å². The summed E-state index contributed by atoms with van der Waals surface area (Å²) < 4.78 is 10.8. The molecule has 0 fully saturated rings. The number of ether oxygens (including phenoxy) is 2. The lowest BCUT2D eigenvalue weighted by Crippen LogP contribution is -2.57. The predicted octanol–water partition coefficient (Wildman–Crippen LogP) is 0.510. The van der Waals surface area contributed by atoms with Crippen LogP contribution < -0.4 is 0 Å². The molecule has 0 saturated heterocycles. The summed E-state index contributed by atoms with van der Waals surface area (Å²) >= 11 is 0. The van der Waals surface area contributed by atoms with Crippen LogP contribution in [0.3, 0.4) is 0 Å². The number of aliphatic hydroxyl groups is 3. The van der Waals surface area contributed by atoms with Gasteiger partial charge < -0.3 is 40.1 Å². The average molecular weight is 438 g/mol. The first-order valence-electron chi connectivity index (χ1n) is 8.53. The Balaban J connectivity index is -0.000000184. The highest BCUT2D eigenvalue weighted by Gasteiger charge is 2.49. The molecule has 11 nitrogen and oxygen atoms in total. The summed E-state index contributed by atoms with van der Waals surface area (Å²) in [5, 5.41) is 50.7. The summed E-state index contributed by atoms with van der Waals surface area (Å²) in [7, 11) is 0. The lowest BCUT2D eigenvalue weighted by atomic mass is 9.82. The molecule has 0 radical (unpaired) electrons. The molecule has 0 aromatic carbocycles. The van der Waals surface area contributed by atoms with Gasteiger partial charge in [0, 0.05) is 31.4 Å². The van der Waals surface area contributed by atoms with Crippen LogP contribution in [0, 0.1) is 5.41 Å². The normalized spacial score (nSPS) is 9.80. The summed E-state index contributed by atoms with van der Waals surface area (Å²) in [5.74, 6) is -4.13. The SMILES string of the molecule is C=CC(=O)O.C=CC(=O)O.C=CC(=O)O.CCOC(C)(OCC)C(CO)(CO)CO. The van der Waals surface area contributed by atoms with E-state index in [2.05, 4.69) is 19.7 Å². The van der Waals surface area contributed by atoms with Crippen LogP contribution in [0.25, 0.3) is 0 Å². The fraction of sp³-hybridized carbons (Fsp3) is 0.526. The molecule has 0 saturated carbocycles. The van der Waals surface area contributed by atoms with Gasteiger partial charge >= 0.3 is 17.9 Å². The van der Waals surface area contributed by atoms with Crippen LogP contribution in [0.5, 0.6) is 0 Å². The molecule has 0 spiro atoms. The van der Waals surface area contributed by atoms with E-state index >= 15 is 0 Å². The van der Waals surface area contributed by atoms with Gasteiger partial charge in [0.25, 0.3) is 0 Å². The van der Waals surface area contributed by atoms with Crippen LogP contribution in [0.4, 0.5) is 0 Å². The first-order valence-corrected chi connectivity index (χ1v) is 8.53. The molecule has 0 aliphatic heterocycles. The second-order valence-electron chi connectivity index (χ2n) is 5.19. The molecule has 11 heteroatoms. The minimum absolute atomic E-state index is 0.373. The minimum Gasteiger partial charge on any atom is -0.478 e. The zero-order chi connectivity index (χ0) is 24.8. The lowest BCUT2D eigenvalue weighted by molar-refractivity contribution is -0.307. The molecule has 0 aliphatic rings. The molecular formula is C19H34O11. The molecule has 0 aliphatic carbocycles. The van der Waals surface area contributed by atoms with Crippen molar-refractivity contribution in [1.29, 1.82) is 0 Å². The molecule has 0 aromatic heterocycles. The first-order chi connectivity index (χ1) is 13.9. The Labute approximate surface area is 176 Å². The third-order valence-electron chi connectivity index (χ3n) is 3.23. The summed E-state index contributed by atoms with van der Waals surface area (Å²) in [5.41, 5.74) is -1.20. The van der Waals surface area contributed by atoms with Crippen LogP contribution in [-0.2, 0) is 23.9 Å². The average Bonchev–Trinajstić information content (AvgIpc) is 2.71. The van der Waals surface area contributed by atoms with Gasteiger partial charge in [-0.25, -0.2) is 14.4 Å². The van der Waals surface area contributed by atoms with E-state index in [0.717, 1.165) is 18.2 Å². The molecule has 6 N–H and O–H groups in total. The van der Waals surface area contributed by atoms with Crippen molar-refractivity contribution < 1.29 is 54.5 Å². The minimum atomic E-state index is -1.20. The third-order valence-corrected chi connectivity index (χ3v) is 3.23. The maximum absolute atomic E-state index is 9.29. The van der Waals surface area contributed by atoms with Crippen molar-refractivity contribution in [2.45, 2.75) is 26.6 Å². The number of carboxylic acids is 3. The largest absolute Gasteiger partial charge is 0.478 e. The van der Waals surface area contributed by atoms with Crippen molar-refractivity contribution in [1.82, 2.24) is 0 Å². The molecule has 0 bridgehead atoms. The number of carbonyl (C=O) groups is 3. The standard InChI is InChI=1S/C10H22O5.3C3H4O2/c1-4-14-9(3,15-5-2)10(6-11,7-12)8-13;3*1-2-3(4)5/h11-13H,4-8H2,1-3H3;3*2H,1H2,(H,4,5). The maximum Gasteiger partial charge on any atom is 0.327 e. The second-order valence-corrected chi connectivity index (χ2v) is 5.19. The summed E-state index contributed by atoms with van der Waals surface area (Å²) in [6.07, 6.45) is 2.50. The van der Waals surface area contributed by atoms with E-state index in [1.165, 1.54) is 0 Å². The highest BCUT2D eigenvalue weighted by atomic mass is 16.7. The lowest BCUT2D eigenvalue weighted by Gasteiger charge is -2.44. The van der Waals surface area contributed by atoms with Gasteiger partial charge in [0.1, 0.15) is 0 Å². The second kappa shape index (κ2) is 21.1. The molecule has 0 rings (SSSR count). The Bertz CT molecular complexity index is 454. The highest BCUT2D eigenvalue weighted by Crippen LogP contribution is 2.35. The fourth-order valence-corrected chi connectivity index (χ4v) is 1.48. The number of aliphatic hydroxyl groups excluding tert-OH is 3. The Kier molecular flexibility index (Phi) is 24.6. The van der Waals surface area contributed by atoms with Crippen LogP contribution in [0.1, 0.15) is 20.8 Å². The molecule has 0 amide bonds. The number of hydrogen-bond acceptors (Lipinski definition) is 8. The Hall–Kier alpha value is -2.57. The van der Waals surface area contributed by atoms with Crippen LogP contribution in [0.2, 0.25) is 0 Å². The molecule has 176 valence electrons. The maximum atomic E-state index is 9.29. The molecular weight excluding hydrogens is 404 g/mol. The Morgan fingerprint density at radius 3 is 1.03 bits per heavy atom. The van der Waals surface area contributed by atoms with E-state index in [1.54, 1.807) is 20.8 Å². The molecule has 30 heavy (non-hydrogen) atoms. The van der Waals surface area contributed by atoms with Gasteiger partial charge in [0.05, 0.1) is 25.2 Å². The Morgan fingerprint density at radius 2 is 0.933 bits per heavy atom. The smallest absolute Gasteiger partial charge is 0.327 e. The van der Waals surface area contributed by atoms with Crippen LogP contribution in [-0.4, -0.2) is 87.4 Å². The number of aliphatic carboxylic acids is 3. The van der Waals surface area contributed by atoms with E-state index in [9.17, 15) is 29.7 Å². The zero-order valence-corrected chi connectivity index (χ0v) is 17.6. The third kappa shape index (κ3) is 17.5. The summed E-state index contributed by atoms with van der Waals surface area (Å²) in [4.78, 5) is 27.8. The van der Waals surface area contributed by atoms with Gasteiger partial charge in [-0.2, -0.15) is 0 Å². The summed E-state index contributed by atoms with van der Waals surface area (Å²) in [6.45, 7) is 13.6. The van der Waals surface area contributed by atoms with E-state index in [-0.39, 0.29) is 0 Å². The van der Waals surface area contributed by atoms with Gasteiger partial charge in [-0.3, -0.25) is 0 Å². The molecule has 0 aromatic rings. The molecule has 0 unspecified atom stereocenters. The highest BCUT2D eigenvalue weighted by molar-refractivity contribution is 5.79. The van der Waals surface area contributed by atoms with Crippen molar-refractivity contribution in [2.75, 3.05) is 33.0 Å². The van der Waals surface area contributed by atoms with E-state index in [0.29, 0.717) is 13.2 Å². The topological polar surface area (TPSA) is 191 Å². The van der Waals surface area contributed by atoms with E-state index in [1.807, 2.05) is 0 Å². The van der Waals surface area contributed by atoms with Gasteiger partial charge in [0.15, 0.2) is 5.79 Å². The molecule has 0 atom stereocenters. The van der Waals surface area contributed by atoms with Crippen molar-refractivity contribution >= 4 is 17.9 Å². The predicted molar refractivity (Wildman–Crippen MR) is 109 cm³/mol. The fourth-order valence-electron chi connectivity index (χ4n) is 1.48. The van der Waals surface area contributed by atoms with Gasteiger partial charge in [0.2, 0.25) is 0 Å². The van der Waals surface area contributed by atoms with Crippen molar-refractivity contribution in [3.8, 4) is 0 Å². The summed E-state index contributed by atoms with van der Waals surface area (Å²) in [6, 6.07) is 0. The quantitative estimate of drug-likeness (QED) is 0.194.